The highest BCUT2D eigenvalue weighted by molar-refractivity contribution is 9.10. The van der Waals surface area contributed by atoms with Gasteiger partial charge in [0.2, 0.25) is 5.91 Å². The van der Waals surface area contributed by atoms with Crippen LogP contribution in [0.5, 0.6) is 0 Å². The van der Waals surface area contributed by atoms with Crippen molar-refractivity contribution in [1.82, 2.24) is 15.1 Å². The van der Waals surface area contributed by atoms with Gasteiger partial charge >= 0.3 is 0 Å². The van der Waals surface area contributed by atoms with E-state index in [0.29, 0.717) is 12.5 Å². The maximum Gasteiger partial charge on any atom is 0.224 e. The van der Waals surface area contributed by atoms with Crippen LogP contribution in [0.2, 0.25) is 5.02 Å². The molecule has 1 heterocycles. The van der Waals surface area contributed by atoms with Crippen molar-refractivity contribution in [2.45, 2.75) is 32.4 Å². The first-order valence-electron chi connectivity index (χ1n) is 7.33. The number of aryl methyl sites for hydroxylation is 1. The number of nitrogens with one attached hydrogen (secondary N) is 1. The molecule has 6 heteroatoms. The third kappa shape index (κ3) is 3.36. The van der Waals surface area contributed by atoms with Crippen molar-refractivity contribution in [2.24, 2.45) is 5.92 Å². The molecule has 1 fully saturated rings. The van der Waals surface area contributed by atoms with Crippen LogP contribution in [0.1, 0.15) is 30.5 Å². The smallest absolute Gasteiger partial charge is 0.224 e. The SMILES string of the molecule is CCn1cc(Br)c(CNC(=O)C2CC2c2ccc(Cl)cc2)n1. The first-order chi connectivity index (χ1) is 10.6. The fourth-order valence-electron chi connectivity index (χ4n) is 2.58. The number of halogens is 2. The van der Waals surface area contributed by atoms with Gasteiger partial charge in [-0.2, -0.15) is 5.10 Å². The zero-order chi connectivity index (χ0) is 15.7. The lowest BCUT2D eigenvalue weighted by Gasteiger charge is -2.04. The maximum absolute atomic E-state index is 12.2. The van der Waals surface area contributed by atoms with Crippen LogP contribution < -0.4 is 5.32 Å². The van der Waals surface area contributed by atoms with Gasteiger partial charge < -0.3 is 5.32 Å². The highest BCUT2D eigenvalue weighted by atomic mass is 79.9. The highest BCUT2D eigenvalue weighted by Crippen LogP contribution is 2.47. The minimum absolute atomic E-state index is 0.0632. The van der Waals surface area contributed by atoms with Gasteiger partial charge in [0.1, 0.15) is 0 Å². The van der Waals surface area contributed by atoms with E-state index < -0.39 is 0 Å². The van der Waals surface area contributed by atoms with Crippen molar-refractivity contribution >= 4 is 33.4 Å². The number of amides is 1. The van der Waals surface area contributed by atoms with E-state index >= 15 is 0 Å². The molecule has 1 aliphatic rings. The largest absolute Gasteiger partial charge is 0.350 e. The van der Waals surface area contributed by atoms with Gasteiger partial charge in [-0.15, -0.1) is 0 Å². The van der Waals surface area contributed by atoms with Crippen LogP contribution in [0.25, 0.3) is 0 Å². The van der Waals surface area contributed by atoms with Gasteiger partial charge in [-0.05, 0) is 52.9 Å². The second kappa shape index (κ2) is 6.42. The second-order valence-corrected chi connectivity index (χ2v) is 6.79. The Balaban J connectivity index is 1.55. The number of benzene rings is 1. The van der Waals surface area contributed by atoms with Crippen molar-refractivity contribution in [1.29, 1.82) is 0 Å². The van der Waals surface area contributed by atoms with Crippen LogP contribution >= 0.6 is 27.5 Å². The van der Waals surface area contributed by atoms with E-state index in [4.69, 9.17) is 11.6 Å². The van der Waals surface area contributed by atoms with Crippen molar-refractivity contribution in [2.75, 3.05) is 0 Å². The molecule has 4 nitrogen and oxygen atoms in total. The quantitative estimate of drug-likeness (QED) is 0.856. The third-order valence-electron chi connectivity index (χ3n) is 3.97. The Kier molecular flexibility index (Phi) is 4.54. The summed E-state index contributed by atoms with van der Waals surface area (Å²) >= 11 is 9.36. The lowest BCUT2D eigenvalue weighted by Crippen LogP contribution is -2.25. The number of hydrogen-bond donors (Lipinski definition) is 1. The summed E-state index contributed by atoms with van der Waals surface area (Å²) in [5, 5.41) is 8.11. The first-order valence-corrected chi connectivity index (χ1v) is 8.50. The van der Waals surface area contributed by atoms with Crippen molar-refractivity contribution < 1.29 is 4.79 Å². The topological polar surface area (TPSA) is 46.9 Å². The fourth-order valence-corrected chi connectivity index (χ4v) is 3.17. The summed E-state index contributed by atoms with van der Waals surface area (Å²) in [6.07, 6.45) is 2.83. The minimum Gasteiger partial charge on any atom is -0.350 e. The molecular weight excluding hydrogens is 366 g/mol. The zero-order valence-corrected chi connectivity index (χ0v) is 14.6. The Morgan fingerprint density at radius 2 is 2.18 bits per heavy atom. The van der Waals surface area contributed by atoms with E-state index in [1.807, 2.05) is 42.1 Å². The molecule has 2 aromatic rings. The molecule has 2 atom stereocenters. The average Bonchev–Trinajstić information content (AvgIpc) is 3.23. The van der Waals surface area contributed by atoms with Gasteiger partial charge in [0, 0.05) is 23.7 Å². The Bertz CT molecular complexity index is 683. The molecule has 22 heavy (non-hydrogen) atoms. The molecule has 0 saturated heterocycles. The van der Waals surface area contributed by atoms with Crippen LogP contribution in [-0.2, 0) is 17.9 Å². The summed E-state index contributed by atoms with van der Waals surface area (Å²) < 4.78 is 2.78. The molecule has 2 unspecified atom stereocenters. The van der Waals surface area contributed by atoms with E-state index in [2.05, 4.69) is 26.3 Å². The van der Waals surface area contributed by atoms with E-state index in [1.54, 1.807) is 0 Å². The predicted octanol–water partition coefficient (Wildman–Crippen LogP) is 3.74. The Morgan fingerprint density at radius 3 is 2.82 bits per heavy atom. The molecule has 116 valence electrons. The van der Waals surface area contributed by atoms with E-state index in [1.165, 1.54) is 5.56 Å². The van der Waals surface area contributed by atoms with E-state index in [0.717, 1.165) is 28.2 Å². The van der Waals surface area contributed by atoms with E-state index in [-0.39, 0.29) is 11.8 Å². The number of rotatable bonds is 5. The summed E-state index contributed by atoms with van der Waals surface area (Å²) in [5.74, 6) is 0.472. The molecule has 1 aliphatic carbocycles. The van der Waals surface area contributed by atoms with Crippen LogP contribution in [0.4, 0.5) is 0 Å². The zero-order valence-electron chi connectivity index (χ0n) is 12.2. The Morgan fingerprint density at radius 1 is 1.45 bits per heavy atom. The monoisotopic (exact) mass is 381 g/mol. The Hall–Kier alpha value is -1.33. The molecule has 1 amide bonds. The summed E-state index contributed by atoms with van der Waals surface area (Å²) in [6, 6.07) is 7.75. The fraction of sp³-hybridized carbons (Fsp3) is 0.375. The number of carbonyl (C=O) groups excluding carboxylic acids is 1. The number of nitrogens with zero attached hydrogens (tertiary/aromatic N) is 2. The Labute approximate surface area is 143 Å². The second-order valence-electron chi connectivity index (χ2n) is 5.50. The number of hydrogen-bond acceptors (Lipinski definition) is 2. The van der Waals surface area contributed by atoms with Crippen molar-refractivity contribution in [3.63, 3.8) is 0 Å². The molecule has 0 radical (unpaired) electrons. The van der Waals surface area contributed by atoms with Crippen LogP contribution in [0.3, 0.4) is 0 Å². The van der Waals surface area contributed by atoms with E-state index in [9.17, 15) is 4.79 Å². The normalized spacial score (nSPS) is 20.0. The van der Waals surface area contributed by atoms with Gasteiger partial charge in [0.15, 0.2) is 0 Å². The molecule has 0 aliphatic heterocycles. The van der Waals surface area contributed by atoms with Gasteiger partial charge in [0.05, 0.1) is 16.7 Å². The minimum atomic E-state index is 0.0632. The van der Waals surface area contributed by atoms with Gasteiger partial charge in [0.25, 0.3) is 0 Å². The summed E-state index contributed by atoms with van der Waals surface area (Å²) in [4.78, 5) is 12.2. The van der Waals surface area contributed by atoms with Crippen LogP contribution in [0.15, 0.2) is 34.9 Å². The standard InChI is InChI=1S/C16H17BrClN3O/c1-2-21-9-14(17)15(20-21)8-19-16(22)13-7-12(13)10-3-5-11(18)6-4-10/h3-6,9,12-13H,2,7-8H2,1H3,(H,19,22). The van der Waals surface area contributed by atoms with Crippen molar-refractivity contribution in [3.05, 3.63) is 51.2 Å². The maximum atomic E-state index is 12.2. The first kappa shape index (κ1) is 15.6. The summed E-state index contributed by atoms with van der Waals surface area (Å²) in [6.45, 7) is 3.30. The number of aromatic nitrogens is 2. The third-order valence-corrected chi connectivity index (χ3v) is 4.88. The summed E-state index contributed by atoms with van der Waals surface area (Å²) in [5.41, 5.74) is 2.04. The number of carbonyl (C=O) groups is 1. The summed E-state index contributed by atoms with van der Waals surface area (Å²) in [7, 11) is 0. The molecule has 3 rings (SSSR count). The molecule has 0 spiro atoms. The van der Waals surface area contributed by atoms with Gasteiger partial charge in [-0.3, -0.25) is 9.48 Å². The molecule has 1 saturated carbocycles. The lowest BCUT2D eigenvalue weighted by atomic mass is 10.1. The van der Waals surface area contributed by atoms with Gasteiger partial charge in [-0.1, -0.05) is 23.7 Å². The molecule has 1 aromatic heterocycles. The van der Waals surface area contributed by atoms with Crippen molar-refractivity contribution in [3.8, 4) is 0 Å². The lowest BCUT2D eigenvalue weighted by molar-refractivity contribution is -0.122. The van der Waals surface area contributed by atoms with Crippen LogP contribution in [0, 0.1) is 5.92 Å². The highest BCUT2D eigenvalue weighted by Gasteiger charge is 2.43. The molecule has 0 bridgehead atoms. The molecule has 1 N–H and O–H groups in total. The molecular formula is C16H17BrClN3O. The van der Waals surface area contributed by atoms with Crippen LogP contribution in [-0.4, -0.2) is 15.7 Å². The van der Waals surface area contributed by atoms with Gasteiger partial charge in [-0.25, -0.2) is 0 Å². The average molecular weight is 383 g/mol. The predicted molar refractivity (Wildman–Crippen MR) is 89.7 cm³/mol. The molecule has 1 aromatic carbocycles.